The number of hydrogen-bond donors (Lipinski definition) is 0. The summed E-state index contributed by atoms with van der Waals surface area (Å²) in [4.78, 5) is 0. The molecule has 2 aromatic rings. The van der Waals surface area contributed by atoms with E-state index in [4.69, 9.17) is 4.74 Å². The molecule has 2 atom stereocenters. The smallest absolute Gasteiger partial charge is 0.119 e. The van der Waals surface area contributed by atoms with Gasteiger partial charge in [0.05, 0.1) is 6.61 Å². The topological polar surface area (TPSA) is 9.23 Å². The van der Waals surface area contributed by atoms with Crippen LogP contribution in [0.4, 0.5) is 0 Å². The van der Waals surface area contributed by atoms with E-state index in [9.17, 15) is 0 Å². The summed E-state index contributed by atoms with van der Waals surface area (Å²) < 4.78 is 6.04. The van der Waals surface area contributed by atoms with Gasteiger partial charge in [-0.15, -0.1) is 0 Å². The molecule has 2 aliphatic carbocycles. The molecule has 2 aliphatic rings. The number of rotatable bonds is 8. The summed E-state index contributed by atoms with van der Waals surface area (Å²) in [7, 11) is 0. The van der Waals surface area contributed by atoms with Gasteiger partial charge in [0.25, 0.3) is 0 Å². The summed E-state index contributed by atoms with van der Waals surface area (Å²) in [5.74, 6) is 3.75. The van der Waals surface area contributed by atoms with Crippen LogP contribution in [0.25, 0.3) is 6.08 Å². The second-order valence-corrected chi connectivity index (χ2v) is 10.1. The van der Waals surface area contributed by atoms with Crippen molar-refractivity contribution >= 4 is 6.08 Å². The molecule has 0 radical (unpaired) electrons. The van der Waals surface area contributed by atoms with Gasteiger partial charge in [-0.05, 0) is 78.7 Å². The predicted molar refractivity (Wildman–Crippen MR) is 137 cm³/mol. The number of allylic oxidation sites excluding steroid dienone is 2. The lowest BCUT2D eigenvalue weighted by Crippen LogP contribution is -2.14. The molecule has 4 rings (SSSR count). The maximum absolute atomic E-state index is 6.04. The van der Waals surface area contributed by atoms with Crippen LogP contribution in [0.1, 0.15) is 81.4 Å². The van der Waals surface area contributed by atoms with Crippen LogP contribution in [-0.2, 0) is 6.42 Å². The maximum atomic E-state index is 6.04. The highest BCUT2D eigenvalue weighted by Gasteiger charge is 2.19. The first-order valence-electron chi connectivity index (χ1n) is 12.9. The highest BCUT2D eigenvalue weighted by molar-refractivity contribution is 5.50. The first-order chi connectivity index (χ1) is 15.7. The predicted octanol–water partition coefficient (Wildman–Crippen LogP) is 8.61. The van der Waals surface area contributed by atoms with E-state index >= 15 is 0 Å². The van der Waals surface area contributed by atoms with Crippen LogP contribution in [0.3, 0.4) is 0 Å². The standard InChI is InChI=1S/C31H40O/c1-3-4-25-15-21-31(22-16-25)32-23-28-11-9-26(10-12-28)7-8-27-13-19-30(20-14-27)29-17-5-24(2)6-18-29/h7-9,11,13-16,19-22,24,26,28-29H,3-6,10,12,17-18,23H2,1-2H3/b8-7+. The number of ether oxygens (including phenoxy) is 1. The normalized spacial score (nSPS) is 25.8. The molecule has 0 aromatic heterocycles. The lowest BCUT2D eigenvalue weighted by molar-refractivity contribution is 0.259. The molecule has 32 heavy (non-hydrogen) atoms. The van der Waals surface area contributed by atoms with E-state index in [1.54, 1.807) is 0 Å². The van der Waals surface area contributed by atoms with Gasteiger partial charge in [0.2, 0.25) is 0 Å². The Morgan fingerprint density at radius 2 is 1.59 bits per heavy atom. The van der Waals surface area contributed by atoms with Gasteiger partial charge in [-0.3, -0.25) is 0 Å². The average molecular weight is 429 g/mol. The van der Waals surface area contributed by atoms with Crippen molar-refractivity contribution in [2.75, 3.05) is 6.61 Å². The molecule has 1 nitrogen and oxygen atoms in total. The van der Waals surface area contributed by atoms with Crippen LogP contribution in [0.5, 0.6) is 5.75 Å². The molecule has 1 fully saturated rings. The number of benzene rings is 2. The Kier molecular flexibility index (Phi) is 8.26. The largest absolute Gasteiger partial charge is 0.493 e. The van der Waals surface area contributed by atoms with Crippen LogP contribution >= 0.6 is 0 Å². The van der Waals surface area contributed by atoms with Crippen molar-refractivity contribution in [3.8, 4) is 5.75 Å². The monoisotopic (exact) mass is 428 g/mol. The van der Waals surface area contributed by atoms with Gasteiger partial charge in [0.15, 0.2) is 0 Å². The SMILES string of the molecule is CCCc1ccc(OCC2C=CC(/C=C/c3ccc(C4CCC(C)CC4)cc3)CC2)cc1. The zero-order valence-corrected chi connectivity index (χ0v) is 20.0. The fourth-order valence-electron chi connectivity index (χ4n) is 5.15. The molecule has 2 unspecified atom stereocenters. The van der Waals surface area contributed by atoms with Crippen molar-refractivity contribution in [1.82, 2.24) is 0 Å². The second kappa shape index (κ2) is 11.5. The van der Waals surface area contributed by atoms with Gasteiger partial charge < -0.3 is 4.74 Å². The summed E-state index contributed by atoms with van der Waals surface area (Å²) in [5.41, 5.74) is 4.25. The Morgan fingerprint density at radius 3 is 2.25 bits per heavy atom. The van der Waals surface area contributed by atoms with E-state index in [2.05, 4.69) is 86.7 Å². The van der Waals surface area contributed by atoms with Gasteiger partial charge in [-0.2, -0.15) is 0 Å². The molecule has 170 valence electrons. The van der Waals surface area contributed by atoms with Gasteiger partial charge in [0.1, 0.15) is 5.75 Å². The Bertz CT molecular complexity index is 866. The van der Waals surface area contributed by atoms with Crippen molar-refractivity contribution in [1.29, 1.82) is 0 Å². The molecule has 0 amide bonds. The first kappa shape index (κ1) is 22.9. The zero-order chi connectivity index (χ0) is 22.2. The molecule has 2 aromatic carbocycles. The summed E-state index contributed by atoms with van der Waals surface area (Å²) in [6.07, 6.45) is 19.6. The van der Waals surface area contributed by atoms with Crippen LogP contribution in [0.2, 0.25) is 0 Å². The average Bonchev–Trinajstić information content (AvgIpc) is 2.84. The van der Waals surface area contributed by atoms with Crippen molar-refractivity contribution in [2.45, 2.75) is 71.1 Å². The van der Waals surface area contributed by atoms with Crippen molar-refractivity contribution in [3.05, 3.63) is 83.4 Å². The second-order valence-electron chi connectivity index (χ2n) is 10.1. The highest BCUT2D eigenvalue weighted by atomic mass is 16.5. The van der Waals surface area contributed by atoms with E-state index in [-0.39, 0.29) is 0 Å². The molecular weight excluding hydrogens is 388 g/mol. The molecular formula is C31H40O. The molecule has 1 saturated carbocycles. The van der Waals surface area contributed by atoms with Crippen molar-refractivity contribution in [2.24, 2.45) is 17.8 Å². The Morgan fingerprint density at radius 1 is 0.844 bits per heavy atom. The third-order valence-electron chi connectivity index (χ3n) is 7.39. The fourth-order valence-corrected chi connectivity index (χ4v) is 5.15. The molecule has 0 bridgehead atoms. The molecule has 0 saturated heterocycles. The number of aryl methyl sites for hydroxylation is 1. The van der Waals surface area contributed by atoms with Crippen molar-refractivity contribution in [3.63, 3.8) is 0 Å². The quantitative estimate of drug-likeness (QED) is 0.382. The summed E-state index contributed by atoms with van der Waals surface area (Å²) in [6.45, 7) is 5.39. The van der Waals surface area contributed by atoms with Crippen LogP contribution < -0.4 is 4.74 Å². The third kappa shape index (κ3) is 6.61. The van der Waals surface area contributed by atoms with E-state index in [1.807, 2.05) is 0 Å². The Hall–Kier alpha value is -2.28. The van der Waals surface area contributed by atoms with Crippen LogP contribution in [-0.4, -0.2) is 6.61 Å². The minimum absolute atomic E-state index is 0.521. The molecule has 1 heteroatoms. The molecule has 0 heterocycles. The van der Waals surface area contributed by atoms with E-state index < -0.39 is 0 Å². The molecule has 0 aliphatic heterocycles. The van der Waals surface area contributed by atoms with Crippen LogP contribution in [0.15, 0.2) is 66.8 Å². The Balaban J connectivity index is 1.22. The third-order valence-corrected chi connectivity index (χ3v) is 7.39. The Labute approximate surface area is 195 Å². The summed E-state index contributed by atoms with van der Waals surface area (Å²) >= 11 is 0. The minimum atomic E-state index is 0.521. The van der Waals surface area contributed by atoms with Crippen molar-refractivity contribution < 1.29 is 4.74 Å². The minimum Gasteiger partial charge on any atom is -0.493 e. The van der Waals surface area contributed by atoms with Gasteiger partial charge in [-0.25, -0.2) is 0 Å². The summed E-state index contributed by atoms with van der Waals surface area (Å²) in [5, 5.41) is 0. The zero-order valence-electron chi connectivity index (χ0n) is 20.0. The van der Waals surface area contributed by atoms with Crippen LogP contribution in [0, 0.1) is 17.8 Å². The maximum Gasteiger partial charge on any atom is 0.119 e. The van der Waals surface area contributed by atoms with E-state index in [0.29, 0.717) is 11.8 Å². The highest BCUT2D eigenvalue weighted by Crippen LogP contribution is 2.35. The summed E-state index contributed by atoms with van der Waals surface area (Å²) in [6, 6.07) is 17.9. The lowest BCUT2D eigenvalue weighted by Gasteiger charge is -2.26. The van der Waals surface area contributed by atoms with Gasteiger partial charge in [-0.1, -0.05) is 93.8 Å². The van der Waals surface area contributed by atoms with E-state index in [1.165, 1.54) is 61.6 Å². The lowest BCUT2D eigenvalue weighted by atomic mass is 9.79. The molecule has 0 N–H and O–H groups in total. The fraction of sp³-hybridized carbons (Fsp3) is 0.484. The number of hydrogen-bond acceptors (Lipinski definition) is 1. The molecule has 0 spiro atoms. The van der Waals surface area contributed by atoms with Gasteiger partial charge in [0, 0.05) is 5.92 Å². The first-order valence-corrected chi connectivity index (χ1v) is 12.9. The van der Waals surface area contributed by atoms with E-state index in [0.717, 1.165) is 30.6 Å². The van der Waals surface area contributed by atoms with Gasteiger partial charge >= 0.3 is 0 Å².